The number of carbonyl (C=O) groups excluding carboxylic acids is 1. The van der Waals surface area contributed by atoms with E-state index >= 15 is 0 Å². The maximum atomic E-state index is 12.6. The van der Waals surface area contributed by atoms with Gasteiger partial charge in [-0.15, -0.1) is 0 Å². The van der Waals surface area contributed by atoms with E-state index in [-0.39, 0.29) is 36.6 Å². The molecular formula is C16H24N2O6S. The molecule has 0 aliphatic rings. The number of hydrogen-bond acceptors (Lipinski definition) is 5. The number of rotatable bonds is 10. The van der Waals surface area contributed by atoms with Gasteiger partial charge in [0.2, 0.25) is 10.0 Å². The van der Waals surface area contributed by atoms with Gasteiger partial charge in [0.05, 0.1) is 17.9 Å². The predicted octanol–water partition coefficient (Wildman–Crippen LogP) is 0.857. The van der Waals surface area contributed by atoms with E-state index in [0.717, 1.165) is 0 Å². The van der Waals surface area contributed by atoms with Crippen LogP contribution in [-0.2, 0) is 19.6 Å². The fourth-order valence-electron chi connectivity index (χ4n) is 2.16. The number of aryl methyl sites for hydroxylation is 1. The van der Waals surface area contributed by atoms with E-state index in [1.807, 2.05) is 0 Å². The summed E-state index contributed by atoms with van der Waals surface area (Å²) in [6.07, 6.45) is -0.171. The smallest absolute Gasteiger partial charge is 0.305 e. The molecule has 0 radical (unpaired) electrons. The van der Waals surface area contributed by atoms with Crippen molar-refractivity contribution in [3.63, 3.8) is 0 Å². The lowest BCUT2D eigenvalue weighted by atomic mass is 10.1. The summed E-state index contributed by atoms with van der Waals surface area (Å²) in [5.41, 5.74) is 0.858. The van der Waals surface area contributed by atoms with Crippen molar-refractivity contribution >= 4 is 21.9 Å². The highest BCUT2D eigenvalue weighted by Crippen LogP contribution is 2.17. The molecule has 0 spiro atoms. The van der Waals surface area contributed by atoms with Gasteiger partial charge < -0.3 is 14.7 Å². The fraction of sp³-hybridized carbons (Fsp3) is 0.500. The minimum absolute atomic E-state index is 0.0214. The minimum Gasteiger partial charge on any atom is -0.481 e. The Balaban J connectivity index is 3.07. The molecular weight excluding hydrogens is 348 g/mol. The van der Waals surface area contributed by atoms with Crippen molar-refractivity contribution in [2.45, 2.75) is 25.2 Å². The molecule has 0 aromatic heterocycles. The van der Waals surface area contributed by atoms with E-state index in [1.54, 1.807) is 19.9 Å². The predicted molar refractivity (Wildman–Crippen MR) is 92.1 cm³/mol. The number of amides is 1. The fourth-order valence-corrected chi connectivity index (χ4v) is 3.20. The normalized spacial score (nSPS) is 11.3. The number of nitrogens with zero attached hydrogens (tertiary/aromatic N) is 1. The first-order valence-corrected chi connectivity index (χ1v) is 9.31. The molecule has 0 saturated heterocycles. The molecule has 25 heavy (non-hydrogen) atoms. The van der Waals surface area contributed by atoms with Crippen LogP contribution in [0.15, 0.2) is 23.1 Å². The van der Waals surface area contributed by atoms with Crippen molar-refractivity contribution < 1.29 is 27.9 Å². The molecule has 1 aromatic rings. The largest absolute Gasteiger partial charge is 0.481 e. The molecule has 1 aromatic carbocycles. The van der Waals surface area contributed by atoms with Crippen LogP contribution in [0.2, 0.25) is 0 Å². The van der Waals surface area contributed by atoms with Gasteiger partial charge >= 0.3 is 5.97 Å². The second-order valence-electron chi connectivity index (χ2n) is 5.40. The van der Waals surface area contributed by atoms with Crippen LogP contribution in [0.3, 0.4) is 0 Å². The van der Waals surface area contributed by atoms with E-state index in [9.17, 15) is 18.0 Å². The molecule has 0 fully saturated rings. The number of carboxylic acid groups (broad SMARTS) is 1. The SMILES string of the molecule is CCN(CCC(=O)O)C(=O)c1cc(S(=O)(=O)NCCOC)ccc1C. The van der Waals surface area contributed by atoms with Crippen LogP contribution in [0, 0.1) is 6.92 Å². The van der Waals surface area contributed by atoms with E-state index < -0.39 is 21.9 Å². The van der Waals surface area contributed by atoms with Crippen molar-refractivity contribution in [1.29, 1.82) is 0 Å². The summed E-state index contributed by atoms with van der Waals surface area (Å²) in [5.74, 6) is -1.39. The zero-order valence-corrected chi connectivity index (χ0v) is 15.4. The third-order valence-electron chi connectivity index (χ3n) is 3.61. The molecule has 8 nitrogen and oxygen atoms in total. The van der Waals surface area contributed by atoms with Gasteiger partial charge in [-0.2, -0.15) is 0 Å². The van der Waals surface area contributed by atoms with Crippen LogP contribution in [0.4, 0.5) is 0 Å². The summed E-state index contributed by atoms with van der Waals surface area (Å²) >= 11 is 0. The molecule has 0 saturated carbocycles. The number of nitrogens with one attached hydrogen (secondary N) is 1. The minimum atomic E-state index is -3.76. The summed E-state index contributed by atoms with van der Waals surface area (Å²) in [7, 11) is -2.29. The Labute approximate surface area is 147 Å². The van der Waals surface area contributed by atoms with E-state index in [4.69, 9.17) is 9.84 Å². The molecule has 140 valence electrons. The quantitative estimate of drug-likeness (QED) is 0.589. The highest BCUT2D eigenvalue weighted by molar-refractivity contribution is 7.89. The van der Waals surface area contributed by atoms with Crippen molar-refractivity contribution in [3.05, 3.63) is 29.3 Å². The van der Waals surface area contributed by atoms with Crippen LogP contribution >= 0.6 is 0 Å². The molecule has 0 heterocycles. The first-order valence-electron chi connectivity index (χ1n) is 7.83. The van der Waals surface area contributed by atoms with Crippen LogP contribution in [0.25, 0.3) is 0 Å². The van der Waals surface area contributed by atoms with Gasteiger partial charge in [0, 0.05) is 32.3 Å². The summed E-state index contributed by atoms with van der Waals surface area (Å²) in [6.45, 7) is 4.18. The number of methoxy groups -OCH3 is 1. The lowest BCUT2D eigenvalue weighted by Gasteiger charge is -2.21. The third-order valence-corrected chi connectivity index (χ3v) is 5.07. The molecule has 0 atom stereocenters. The maximum absolute atomic E-state index is 12.6. The molecule has 0 aliphatic heterocycles. The Hall–Kier alpha value is -1.97. The average molecular weight is 372 g/mol. The van der Waals surface area contributed by atoms with Gasteiger partial charge in [-0.3, -0.25) is 9.59 Å². The highest BCUT2D eigenvalue weighted by atomic mass is 32.2. The lowest BCUT2D eigenvalue weighted by molar-refractivity contribution is -0.137. The monoisotopic (exact) mass is 372 g/mol. The molecule has 0 bridgehead atoms. The molecule has 1 amide bonds. The summed E-state index contributed by atoms with van der Waals surface area (Å²) in [5, 5.41) is 8.78. The molecule has 0 unspecified atom stereocenters. The van der Waals surface area contributed by atoms with Crippen molar-refractivity contribution in [3.8, 4) is 0 Å². The van der Waals surface area contributed by atoms with Crippen molar-refractivity contribution in [2.75, 3.05) is 33.4 Å². The number of benzene rings is 1. The van der Waals surface area contributed by atoms with Crippen molar-refractivity contribution in [1.82, 2.24) is 9.62 Å². The third kappa shape index (κ3) is 6.11. The second-order valence-corrected chi connectivity index (χ2v) is 7.16. The Morgan fingerprint density at radius 1 is 1.32 bits per heavy atom. The van der Waals surface area contributed by atoms with Crippen LogP contribution < -0.4 is 4.72 Å². The molecule has 1 rings (SSSR count). The van der Waals surface area contributed by atoms with E-state index in [1.165, 1.54) is 24.1 Å². The lowest BCUT2D eigenvalue weighted by Crippen LogP contribution is -2.33. The van der Waals surface area contributed by atoms with Crippen LogP contribution in [-0.4, -0.2) is 63.7 Å². The Morgan fingerprint density at radius 3 is 2.56 bits per heavy atom. The number of sulfonamides is 1. The summed E-state index contributed by atoms with van der Waals surface area (Å²) in [6, 6.07) is 4.30. The molecule has 9 heteroatoms. The summed E-state index contributed by atoms with van der Waals surface area (Å²) in [4.78, 5) is 24.7. The van der Waals surface area contributed by atoms with E-state index in [2.05, 4.69) is 4.72 Å². The van der Waals surface area contributed by atoms with Crippen molar-refractivity contribution in [2.24, 2.45) is 0 Å². The standard InChI is InChI=1S/C16H24N2O6S/c1-4-18(9-7-15(19)20)16(21)14-11-13(6-5-12(14)2)25(22,23)17-8-10-24-3/h5-6,11,17H,4,7-10H2,1-3H3,(H,19,20). The average Bonchev–Trinajstić information content (AvgIpc) is 2.55. The van der Waals surface area contributed by atoms with Gasteiger partial charge in [0.15, 0.2) is 0 Å². The van der Waals surface area contributed by atoms with Gasteiger partial charge in [-0.05, 0) is 31.5 Å². The van der Waals surface area contributed by atoms with Gasteiger partial charge in [-0.1, -0.05) is 6.07 Å². The Kier molecular flexibility index (Phi) is 8.01. The molecule has 0 aliphatic carbocycles. The van der Waals surface area contributed by atoms with Crippen LogP contribution in [0.1, 0.15) is 29.3 Å². The maximum Gasteiger partial charge on any atom is 0.305 e. The zero-order chi connectivity index (χ0) is 19.0. The number of hydrogen-bond donors (Lipinski definition) is 2. The highest BCUT2D eigenvalue weighted by Gasteiger charge is 2.21. The summed E-state index contributed by atoms with van der Waals surface area (Å²) < 4.78 is 31.8. The number of carboxylic acids is 1. The topological polar surface area (TPSA) is 113 Å². The van der Waals surface area contributed by atoms with Gasteiger partial charge in [0.1, 0.15) is 0 Å². The number of carbonyl (C=O) groups is 2. The van der Waals surface area contributed by atoms with Gasteiger partial charge in [-0.25, -0.2) is 13.1 Å². The van der Waals surface area contributed by atoms with Crippen LogP contribution in [0.5, 0.6) is 0 Å². The van der Waals surface area contributed by atoms with Gasteiger partial charge in [0.25, 0.3) is 5.91 Å². The number of aliphatic carboxylic acids is 1. The number of ether oxygens (including phenoxy) is 1. The first kappa shape index (κ1) is 21.1. The zero-order valence-electron chi connectivity index (χ0n) is 14.6. The Bertz CT molecular complexity index is 717. The second kappa shape index (κ2) is 9.50. The molecule has 2 N–H and O–H groups in total. The van der Waals surface area contributed by atoms with E-state index in [0.29, 0.717) is 12.1 Å². The first-order chi connectivity index (χ1) is 11.7. The Morgan fingerprint density at radius 2 is 2.00 bits per heavy atom.